The number of hydrazone groups is 1. The van der Waals surface area contributed by atoms with E-state index in [0.29, 0.717) is 0 Å². The second kappa shape index (κ2) is 5.08. The molecule has 10 nitrogen and oxygen atoms in total. The first-order chi connectivity index (χ1) is 9.06. The van der Waals surface area contributed by atoms with Crippen LogP contribution in [-0.4, -0.2) is 26.3 Å². The van der Waals surface area contributed by atoms with Gasteiger partial charge in [-0.25, -0.2) is 5.43 Å². The van der Waals surface area contributed by atoms with E-state index < -0.39 is 4.92 Å². The van der Waals surface area contributed by atoms with E-state index in [1.165, 1.54) is 25.3 Å². The van der Waals surface area contributed by atoms with Crippen molar-refractivity contribution in [3.63, 3.8) is 0 Å². The van der Waals surface area contributed by atoms with Gasteiger partial charge in [-0.2, -0.15) is 5.10 Å². The molecule has 0 spiro atoms. The Kier molecular flexibility index (Phi) is 3.32. The third-order valence-corrected chi connectivity index (χ3v) is 2.02. The normalized spacial score (nSPS) is 10.8. The van der Waals surface area contributed by atoms with Gasteiger partial charge >= 0.3 is 5.88 Å². The SMILES string of the molecule is Cc1nnc(N/N=C\c2ccc([N+](=O)[O-])o2)[nH]c1=O. The molecule has 0 aliphatic heterocycles. The van der Waals surface area contributed by atoms with Crippen molar-refractivity contribution in [2.45, 2.75) is 6.92 Å². The average molecular weight is 264 g/mol. The van der Waals surface area contributed by atoms with Crippen LogP contribution >= 0.6 is 0 Å². The summed E-state index contributed by atoms with van der Waals surface area (Å²) in [6.45, 7) is 1.51. The van der Waals surface area contributed by atoms with Crippen LogP contribution in [-0.2, 0) is 0 Å². The van der Waals surface area contributed by atoms with E-state index in [2.05, 4.69) is 25.7 Å². The minimum atomic E-state index is -0.659. The Balaban J connectivity index is 2.04. The standard InChI is InChI=1S/C9H8N6O4/c1-5-8(16)11-9(14-12-5)13-10-4-6-2-3-7(19-6)15(17)18/h2-4H,1H3,(H2,11,13,14,16)/b10-4-. The summed E-state index contributed by atoms with van der Waals surface area (Å²) in [6.07, 6.45) is 1.20. The van der Waals surface area contributed by atoms with Crippen molar-refractivity contribution in [2.24, 2.45) is 5.10 Å². The third kappa shape index (κ3) is 3.00. The van der Waals surface area contributed by atoms with E-state index in [4.69, 9.17) is 4.42 Å². The number of hydrogen-bond donors (Lipinski definition) is 2. The predicted molar refractivity (Wildman–Crippen MR) is 64.0 cm³/mol. The molecule has 0 bridgehead atoms. The van der Waals surface area contributed by atoms with Gasteiger partial charge in [0.1, 0.15) is 10.6 Å². The first kappa shape index (κ1) is 12.4. The first-order valence-electron chi connectivity index (χ1n) is 5.03. The largest absolute Gasteiger partial charge is 0.433 e. The summed E-state index contributed by atoms with van der Waals surface area (Å²) in [5, 5.41) is 21.3. The number of hydrogen-bond acceptors (Lipinski definition) is 8. The van der Waals surface area contributed by atoms with Crippen LogP contribution in [0.1, 0.15) is 11.5 Å². The van der Waals surface area contributed by atoms with Crippen molar-refractivity contribution in [3.05, 3.63) is 44.1 Å². The second-order valence-corrected chi connectivity index (χ2v) is 3.39. The number of nitrogens with one attached hydrogen (secondary N) is 2. The first-order valence-corrected chi connectivity index (χ1v) is 5.03. The maximum atomic E-state index is 11.2. The van der Waals surface area contributed by atoms with Crippen LogP contribution in [0.5, 0.6) is 0 Å². The van der Waals surface area contributed by atoms with E-state index in [1.54, 1.807) is 0 Å². The molecule has 0 aliphatic carbocycles. The van der Waals surface area contributed by atoms with Gasteiger partial charge in [0.05, 0.1) is 12.3 Å². The number of anilines is 1. The Hall–Kier alpha value is -3.04. The van der Waals surface area contributed by atoms with Crippen LogP contribution in [0.3, 0.4) is 0 Å². The lowest BCUT2D eigenvalue weighted by Gasteiger charge is -1.96. The number of H-pyrrole nitrogens is 1. The predicted octanol–water partition coefficient (Wildman–Crippen LogP) is 0.421. The van der Waals surface area contributed by atoms with E-state index in [-0.39, 0.29) is 28.8 Å². The number of furan rings is 1. The number of nitro groups is 1. The van der Waals surface area contributed by atoms with Gasteiger partial charge in [-0.15, -0.1) is 10.2 Å². The summed E-state index contributed by atoms with van der Waals surface area (Å²) in [4.78, 5) is 23.3. The topological polar surface area (TPSA) is 139 Å². The summed E-state index contributed by atoms with van der Waals surface area (Å²) in [7, 11) is 0. The van der Waals surface area contributed by atoms with Gasteiger partial charge in [0.25, 0.3) is 5.56 Å². The van der Waals surface area contributed by atoms with Crippen LogP contribution in [0.4, 0.5) is 11.8 Å². The summed E-state index contributed by atoms with van der Waals surface area (Å²) < 4.78 is 4.83. The summed E-state index contributed by atoms with van der Waals surface area (Å²) in [6, 6.07) is 2.59. The molecule has 0 atom stereocenters. The third-order valence-electron chi connectivity index (χ3n) is 2.02. The fourth-order valence-corrected chi connectivity index (χ4v) is 1.11. The fraction of sp³-hybridized carbons (Fsp3) is 0.111. The Morgan fingerprint density at radius 1 is 1.53 bits per heavy atom. The molecule has 10 heteroatoms. The Labute approximate surface area is 105 Å². The van der Waals surface area contributed by atoms with Crippen molar-refractivity contribution in [1.29, 1.82) is 0 Å². The molecule has 2 aromatic rings. The van der Waals surface area contributed by atoms with Gasteiger partial charge < -0.3 is 4.42 Å². The van der Waals surface area contributed by atoms with Gasteiger partial charge in [-0.1, -0.05) is 0 Å². The van der Waals surface area contributed by atoms with Crippen LogP contribution < -0.4 is 11.0 Å². The Morgan fingerprint density at radius 2 is 2.32 bits per heavy atom. The number of aryl methyl sites for hydroxylation is 1. The van der Waals surface area contributed by atoms with Crippen LogP contribution in [0, 0.1) is 17.0 Å². The molecule has 0 amide bonds. The number of nitrogens with zero attached hydrogens (tertiary/aromatic N) is 4. The molecular formula is C9H8N6O4. The monoisotopic (exact) mass is 264 g/mol. The molecule has 0 aliphatic rings. The van der Waals surface area contributed by atoms with Gasteiger partial charge in [0, 0.05) is 0 Å². The Bertz CT molecular complexity index is 688. The zero-order valence-corrected chi connectivity index (χ0v) is 9.65. The molecule has 0 aromatic carbocycles. The molecule has 0 saturated heterocycles. The molecule has 0 unspecified atom stereocenters. The van der Waals surface area contributed by atoms with Crippen LogP contribution in [0.25, 0.3) is 0 Å². The zero-order chi connectivity index (χ0) is 13.8. The molecule has 19 heavy (non-hydrogen) atoms. The lowest BCUT2D eigenvalue weighted by molar-refractivity contribution is -0.402. The second-order valence-electron chi connectivity index (χ2n) is 3.39. The number of aromatic nitrogens is 3. The zero-order valence-electron chi connectivity index (χ0n) is 9.65. The molecule has 2 N–H and O–H groups in total. The van der Waals surface area contributed by atoms with Crippen molar-refractivity contribution in [2.75, 3.05) is 5.43 Å². The smallest absolute Gasteiger partial charge is 0.400 e. The molecule has 98 valence electrons. The minimum absolute atomic E-state index is 0.0490. The molecule has 0 saturated carbocycles. The van der Waals surface area contributed by atoms with Gasteiger partial charge in [-0.05, 0) is 13.0 Å². The molecule has 0 fully saturated rings. The fourth-order valence-electron chi connectivity index (χ4n) is 1.11. The molecule has 0 radical (unpaired) electrons. The maximum absolute atomic E-state index is 11.2. The van der Waals surface area contributed by atoms with Crippen molar-refractivity contribution >= 4 is 18.0 Å². The quantitative estimate of drug-likeness (QED) is 0.463. The number of aromatic amines is 1. The highest BCUT2D eigenvalue weighted by Crippen LogP contribution is 2.13. The summed E-state index contributed by atoms with van der Waals surface area (Å²) in [5.74, 6) is -0.153. The van der Waals surface area contributed by atoms with Crippen molar-refractivity contribution < 1.29 is 9.34 Å². The van der Waals surface area contributed by atoms with Crippen molar-refractivity contribution in [1.82, 2.24) is 15.2 Å². The van der Waals surface area contributed by atoms with E-state index in [1.807, 2.05) is 0 Å². The molecular weight excluding hydrogens is 256 g/mol. The summed E-state index contributed by atoms with van der Waals surface area (Å²) in [5.41, 5.74) is 2.26. The Morgan fingerprint density at radius 3 is 2.95 bits per heavy atom. The van der Waals surface area contributed by atoms with Crippen LogP contribution in [0.15, 0.2) is 26.4 Å². The highest BCUT2D eigenvalue weighted by Gasteiger charge is 2.10. The lowest BCUT2D eigenvalue weighted by Crippen LogP contribution is -2.15. The van der Waals surface area contributed by atoms with E-state index in [9.17, 15) is 14.9 Å². The van der Waals surface area contributed by atoms with E-state index in [0.717, 1.165) is 0 Å². The van der Waals surface area contributed by atoms with Gasteiger partial charge in [0.15, 0.2) is 5.76 Å². The minimum Gasteiger partial charge on any atom is -0.400 e. The molecule has 2 rings (SSSR count). The molecule has 2 aromatic heterocycles. The van der Waals surface area contributed by atoms with Crippen LogP contribution in [0.2, 0.25) is 0 Å². The van der Waals surface area contributed by atoms with Gasteiger partial charge in [0.2, 0.25) is 5.95 Å². The molecule has 2 heterocycles. The summed E-state index contributed by atoms with van der Waals surface area (Å²) >= 11 is 0. The lowest BCUT2D eigenvalue weighted by atomic mass is 10.5. The maximum Gasteiger partial charge on any atom is 0.433 e. The van der Waals surface area contributed by atoms with Crippen molar-refractivity contribution in [3.8, 4) is 0 Å². The van der Waals surface area contributed by atoms with E-state index >= 15 is 0 Å². The highest BCUT2D eigenvalue weighted by molar-refractivity contribution is 5.76. The average Bonchev–Trinajstić information content (AvgIpc) is 2.83. The number of rotatable bonds is 4. The highest BCUT2D eigenvalue weighted by atomic mass is 16.6. The van der Waals surface area contributed by atoms with Gasteiger partial charge in [-0.3, -0.25) is 19.9 Å².